The second-order valence-corrected chi connectivity index (χ2v) is 3.89. The predicted molar refractivity (Wildman–Crippen MR) is 37.5 cm³/mol. The molecule has 0 aliphatic carbocycles. The lowest BCUT2D eigenvalue weighted by molar-refractivity contribution is 0.421. The maximum atomic E-state index is 5.08. The lowest BCUT2D eigenvalue weighted by atomic mass is 10.6. The van der Waals surface area contributed by atoms with Crippen LogP contribution in [0.1, 0.15) is 0 Å². The van der Waals surface area contributed by atoms with E-state index >= 15 is 0 Å². The van der Waals surface area contributed by atoms with E-state index in [0.29, 0.717) is 12.2 Å². The highest BCUT2D eigenvalue weighted by molar-refractivity contribution is 7.38. The minimum Gasteiger partial charge on any atom is -0.373 e. The van der Waals surface area contributed by atoms with E-state index in [4.69, 9.17) is 9.47 Å². The molecule has 0 spiro atoms. The van der Waals surface area contributed by atoms with E-state index in [2.05, 4.69) is 0 Å². The molecule has 3 heteroatoms. The summed E-state index contributed by atoms with van der Waals surface area (Å²) in [6, 6.07) is 0. The first-order valence-electron chi connectivity index (χ1n) is 3.39. The van der Waals surface area contributed by atoms with Crippen molar-refractivity contribution < 1.29 is 9.47 Å². The van der Waals surface area contributed by atoms with Crippen molar-refractivity contribution in [2.24, 2.45) is 0 Å². The molecule has 52 valence electrons. The van der Waals surface area contributed by atoms with Crippen LogP contribution in [-0.2, 0) is 9.47 Å². The Morgan fingerprint density at radius 1 is 1.11 bits per heavy atom. The number of ether oxygens (including phenoxy) is 2. The van der Waals surface area contributed by atoms with Gasteiger partial charge in [-0.1, -0.05) is 0 Å². The summed E-state index contributed by atoms with van der Waals surface area (Å²) >= 11 is 0. The molecule has 2 unspecified atom stereocenters. The Balaban J connectivity index is 1.46. The maximum absolute atomic E-state index is 5.08. The molecule has 2 heterocycles. The highest BCUT2D eigenvalue weighted by atomic mass is 31.1. The van der Waals surface area contributed by atoms with Crippen molar-refractivity contribution in [1.82, 2.24) is 0 Å². The summed E-state index contributed by atoms with van der Waals surface area (Å²) in [4.78, 5) is 0. The molecule has 0 radical (unpaired) electrons. The van der Waals surface area contributed by atoms with E-state index in [9.17, 15) is 0 Å². The first-order chi connectivity index (χ1) is 4.45. The number of hydrogen-bond donors (Lipinski definition) is 0. The van der Waals surface area contributed by atoms with E-state index in [1.54, 1.807) is 0 Å². The highest BCUT2D eigenvalue weighted by Gasteiger charge is 2.25. The second kappa shape index (κ2) is 2.53. The molecule has 0 bridgehead atoms. The van der Waals surface area contributed by atoms with Gasteiger partial charge in [-0.05, 0) is 12.3 Å². The third-order valence-corrected chi connectivity index (χ3v) is 3.04. The molecule has 2 fully saturated rings. The predicted octanol–water partition coefficient (Wildman–Crippen LogP) is 0.462. The molecule has 2 aliphatic heterocycles. The van der Waals surface area contributed by atoms with Crippen LogP contribution in [0.3, 0.4) is 0 Å². The van der Waals surface area contributed by atoms with Crippen LogP contribution in [-0.4, -0.2) is 37.7 Å². The van der Waals surface area contributed by atoms with Crippen LogP contribution < -0.4 is 0 Å². The van der Waals surface area contributed by atoms with Gasteiger partial charge in [0.2, 0.25) is 0 Å². The van der Waals surface area contributed by atoms with E-state index in [1.807, 2.05) is 0 Å². The smallest absolute Gasteiger partial charge is 0.0846 e. The lowest BCUT2D eigenvalue weighted by Crippen LogP contribution is -1.92. The van der Waals surface area contributed by atoms with Gasteiger partial charge in [0.25, 0.3) is 0 Å². The average molecular weight is 146 g/mol. The van der Waals surface area contributed by atoms with Gasteiger partial charge in [0, 0.05) is 0 Å². The Hall–Kier alpha value is 0.350. The zero-order valence-corrected chi connectivity index (χ0v) is 6.30. The minimum absolute atomic E-state index is 0.627. The van der Waals surface area contributed by atoms with Crippen molar-refractivity contribution in [1.29, 1.82) is 0 Å². The topological polar surface area (TPSA) is 25.1 Å². The molecule has 2 nitrogen and oxygen atoms in total. The first-order valence-corrected chi connectivity index (χ1v) is 4.80. The summed E-state index contributed by atoms with van der Waals surface area (Å²) < 4.78 is 10.2. The quantitative estimate of drug-likeness (QED) is 0.425. The monoisotopic (exact) mass is 146 g/mol. The van der Waals surface area contributed by atoms with Crippen molar-refractivity contribution in [2.45, 2.75) is 12.2 Å². The fourth-order valence-electron chi connectivity index (χ4n) is 0.777. The molecule has 0 aromatic heterocycles. The molecule has 2 saturated heterocycles. The van der Waals surface area contributed by atoms with E-state index in [0.717, 1.165) is 21.8 Å². The molecule has 2 aliphatic rings. The summed E-state index contributed by atoms with van der Waals surface area (Å²) in [5.74, 6) is 0. The van der Waals surface area contributed by atoms with Crippen molar-refractivity contribution >= 4 is 8.58 Å². The van der Waals surface area contributed by atoms with Gasteiger partial charge in [-0.25, -0.2) is 0 Å². The SMILES string of the molecule is C1OC1CPCC1CO1. The molecule has 2 atom stereocenters. The Bertz CT molecular complexity index is 87.2. The molecule has 0 amide bonds. The largest absolute Gasteiger partial charge is 0.373 e. The normalized spacial score (nSPS) is 40.0. The summed E-state index contributed by atoms with van der Waals surface area (Å²) in [5.41, 5.74) is 0. The third kappa shape index (κ3) is 2.21. The summed E-state index contributed by atoms with van der Waals surface area (Å²) in [5, 5.41) is 0. The van der Waals surface area contributed by atoms with Crippen LogP contribution in [0.15, 0.2) is 0 Å². The van der Waals surface area contributed by atoms with E-state index in [1.165, 1.54) is 12.3 Å². The standard InChI is InChI=1S/C6H11O2P/c1-5(7-1)3-9-4-6-2-8-6/h5-6,9H,1-4H2. The summed E-state index contributed by atoms with van der Waals surface area (Å²) in [6.45, 7) is 2.02. The van der Waals surface area contributed by atoms with Crippen LogP contribution in [0.5, 0.6) is 0 Å². The average Bonchev–Trinajstić information content (AvgIpc) is 2.57. The first kappa shape index (κ1) is 6.09. The zero-order valence-electron chi connectivity index (χ0n) is 5.30. The molecule has 0 saturated carbocycles. The Morgan fingerprint density at radius 2 is 1.56 bits per heavy atom. The van der Waals surface area contributed by atoms with E-state index in [-0.39, 0.29) is 0 Å². The van der Waals surface area contributed by atoms with Crippen molar-refractivity contribution in [2.75, 3.05) is 25.5 Å². The van der Waals surface area contributed by atoms with Gasteiger partial charge < -0.3 is 9.47 Å². The zero-order chi connectivity index (χ0) is 6.10. The van der Waals surface area contributed by atoms with Crippen molar-refractivity contribution in [3.05, 3.63) is 0 Å². The van der Waals surface area contributed by atoms with Gasteiger partial charge in [-0.15, -0.1) is 8.58 Å². The number of hydrogen-bond acceptors (Lipinski definition) is 2. The summed E-state index contributed by atoms with van der Waals surface area (Å²) in [7, 11) is 1.07. The number of rotatable bonds is 4. The second-order valence-electron chi connectivity index (χ2n) is 2.57. The minimum atomic E-state index is 0.627. The van der Waals surface area contributed by atoms with Gasteiger partial charge in [0.15, 0.2) is 0 Å². The molecule has 0 N–H and O–H groups in total. The van der Waals surface area contributed by atoms with Crippen LogP contribution in [0, 0.1) is 0 Å². The van der Waals surface area contributed by atoms with Crippen LogP contribution >= 0.6 is 8.58 Å². The van der Waals surface area contributed by atoms with Crippen LogP contribution in [0.25, 0.3) is 0 Å². The Kier molecular flexibility index (Phi) is 1.71. The number of epoxide rings is 2. The van der Waals surface area contributed by atoms with Gasteiger partial charge >= 0.3 is 0 Å². The van der Waals surface area contributed by atoms with E-state index < -0.39 is 0 Å². The molecule has 2 rings (SSSR count). The van der Waals surface area contributed by atoms with Crippen molar-refractivity contribution in [3.63, 3.8) is 0 Å². The van der Waals surface area contributed by atoms with Gasteiger partial charge in [0.05, 0.1) is 25.4 Å². The Labute approximate surface area is 56.7 Å². The lowest BCUT2D eigenvalue weighted by Gasteiger charge is -1.91. The molecule has 0 aromatic rings. The summed E-state index contributed by atoms with van der Waals surface area (Å²) in [6.07, 6.45) is 3.81. The third-order valence-electron chi connectivity index (χ3n) is 1.55. The fourth-order valence-corrected chi connectivity index (χ4v) is 2.06. The van der Waals surface area contributed by atoms with Crippen LogP contribution in [0.4, 0.5) is 0 Å². The van der Waals surface area contributed by atoms with Gasteiger partial charge in [-0.2, -0.15) is 0 Å². The Morgan fingerprint density at radius 3 is 1.89 bits per heavy atom. The fraction of sp³-hybridized carbons (Fsp3) is 1.00. The van der Waals surface area contributed by atoms with Gasteiger partial charge in [-0.3, -0.25) is 0 Å². The maximum Gasteiger partial charge on any atom is 0.0846 e. The van der Waals surface area contributed by atoms with Crippen molar-refractivity contribution in [3.8, 4) is 0 Å². The molecular formula is C6H11O2P. The van der Waals surface area contributed by atoms with Crippen LogP contribution in [0.2, 0.25) is 0 Å². The van der Waals surface area contributed by atoms with Gasteiger partial charge in [0.1, 0.15) is 0 Å². The molecule has 0 aromatic carbocycles. The molecule has 9 heavy (non-hydrogen) atoms. The molecular weight excluding hydrogens is 135 g/mol. The highest BCUT2D eigenvalue weighted by Crippen LogP contribution is 2.25.